The normalized spacial score (nSPS) is 24.6. The predicted molar refractivity (Wildman–Crippen MR) is 132 cm³/mol. The van der Waals surface area contributed by atoms with E-state index >= 15 is 0 Å². The van der Waals surface area contributed by atoms with Crippen molar-refractivity contribution in [2.75, 3.05) is 0 Å². The Morgan fingerprint density at radius 2 is 1.12 bits per heavy atom. The van der Waals surface area contributed by atoms with Crippen molar-refractivity contribution in [3.05, 3.63) is 95.6 Å². The molecule has 0 aliphatic carbocycles. The van der Waals surface area contributed by atoms with Crippen LogP contribution >= 0.6 is 0 Å². The molecule has 2 aliphatic heterocycles. The number of hydrogen-bond donors (Lipinski definition) is 0. The zero-order valence-corrected chi connectivity index (χ0v) is 23.9. The van der Waals surface area contributed by atoms with Gasteiger partial charge in [-0.2, -0.15) is 0 Å². The maximum atomic E-state index is 14.8. The SMILES string of the molecule is CC(C)(C)c1cc[c]([Sb]23([CH2][C@](c4ccccc4)(C(F)(F)F)[O]2)[O]C(C(F)(F)F)(C(F)(F)F)c2cccc[c]23)cc1. The summed E-state index contributed by atoms with van der Waals surface area (Å²) in [6.07, 6.45) is -17.3. The Labute approximate surface area is 226 Å². The van der Waals surface area contributed by atoms with Crippen LogP contribution < -0.4 is 7.02 Å². The minimum atomic E-state index is -6.95. The zero-order valence-electron chi connectivity index (χ0n) is 21.4. The van der Waals surface area contributed by atoms with Gasteiger partial charge in [0.05, 0.1) is 0 Å². The average Bonchev–Trinajstić information content (AvgIpc) is 3.13. The molecule has 1 atom stereocenters. The van der Waals surface area contributed by atoms with Gasteiger partial charge in [-0.1, -0.05) is 0 Å². The first-order valence-corrected chi connectivity index (χ1v) is 18.6. The van der Waals surface area contributed by atoms with E-state index in [-0.39, 0.29) is 3.51 Å². The Balaban J connectivity index is 1.88. The van der Waals surface area contributed by atoms with E-state index in [1.165, 1.54) is 48.5 Å². The quantitative estimate of drug-likeness (QED) is 0.208. The van der Waals surface area contributed by atoms with Gasteiger partial charge >= 0.3 is 227 Å². The van der Waals surface area contributed by atoms with Gasteiger partial charge < -0.3 is 0 Å². The van der Waals surface area contributed by atoms with Crippen LogP contribution in [0, 0.1) is 0 Å². The van der Waals surface area contributed by atoms with Crippen LogP contribution in [0.4, 0.5) is 39.5 Å². The number of benzene rings is 3. The molecule has 1 saturated heterocycles. The molecule has 1 spiro atoms. The Hall–Kier alpha value is -2.23. The maximum absolute atomic E-state index is 14.8. The van der Waals surface area contributed by atoms with Gasteiger partial charge in [-0.05, 0) is 0 Å². The standard InChI is InChI=1S/C10H13.C9H4F6O.C9H7F3O.Sb/c1-10(2,3)9-7-5-4-6-8-9;10-8(11,12)7(16,9(13,14)15)6-4-2-1-3-5-6;1-8(13,9(10,11)12)7-5-3-2-4-6-7;/h5-8H,1-3H3;1-4H;2-6H,1H2;/q;2*-1;+2/t;;8-;/m..0./s1. The second-order valence-electron chi connectivity index (χ2n) is 11.1. The number of rotatable bonds is 2. The third-order valence-electron chi connectivity index (χ3n) is 7.71. The molecular formula is C28H24F9O2Sb. The van der Waals surface area contributed by atoms with Crippen molar-refractivity contribution < 1.29 is 45.5 Å². The molecule has 2 aliphatic rings. The molecule has 0 radical (unpaired) electrons. The molecule has 2 nitrogen and oxygen atoms in total. The fraction of sp³-hybridized carbons (Fsp3) is 0.357. The number of halogens is 9. The van der Waals surface area contributed by atoms with Crippen molar-refractivity contribution in [1.82, 2.24) is 0 Å². The van der Waals surface area contributed by atoms with Gasteiger partial charge in [0.2, 0.25) is 0 Å². The first-order chi connectivity index (χ1) is 18.2. The molecule has 0 N–H and O–H groups in total. The average molecular weight is 685 g/mol. The van der Waals surface area contributed by atoms with E-state index in [4.69, 9.17) is 6.03 Å². The molecule has 2 heterocycles. The van der Waals surface area contributed by atoms with Gasteiger partial charge in [0.25, 0.3) is 0 Å². The molecule has 0 saturated carbocycles. The summed E-state index contributed by atoms with van der Waals surface area (Å²) in [6.45, 7) is 5.51. The van der Waals surface area contributed by atoms with Crippen molar-refractivity contribution in [1.29, 1.82) is 0 Å². The third kappa shape index (κ3) is 3.65. The molecule has 0 unspecified atom stereocenters. The molecule has 3 aromatic carbocycles. The summed E-state index contributed by atoms with van der Waals surface area (Å²) in [6, 6.07) is 15.4. The van der Waals surface area contributed by atoms with Gasteiger partial charge in [0, 0.05) is 0 Å². The number of hydrogen-bond acceptors (Lipinski definition) is 2. The summed E-state index contributed by atoms with van der Waals surface area (Å²) in [5, 5.41) is 0. The van der Waals surface area contributed by atoms with Gasteiger partial charge in [-0.25, -0.2) is 0 Å². The molecule has 216 valence electrons. The summed E-state index contributed by atoms with van der Waals surface area (Å²) in [7, 11) is 0. The van der Waals surface area contributed by atoms with Crippen LogP contribution in [0.3, 0.4) is 0 Å². The van der Waals surface area contributed by atoms with Crippen molar-refractivity contribution in [3.8, 4) is 0 Å². The van der Waals surface area contributed by atoms with E-state index in [2.05, 4.69) is 0 Å². The van der Waals surface area contributed by atoms with Crippen molar-refractivity contribution in [2.24, 2.45) is 0 Å². The van der Waals surface area contributed by atoms with Gasteiger partial charge in [-0.15, -0.1) is 0 Å². The second-order valence-corrected chi connectivity index (χ2v) is 22.4. The first-order valence-electron chi connectivity index (χ1n) is 12.2. The van der Waals surface area contributed by atoms with E-state index in [0.717, 1.165) is 24.3 Å². The van der Waals surface area contributed by atoms with Crippen LogP contribution in [0.2, 0.25) is 4.37 Å². The second kappa shape index (κ2) is 8.41. The van der Waals surface area contributed by atoms with E-state index in [0.29, 0.717) is 11.6 Å². The molecule has 0 amide bonds. The fourth-order valence-corrected chi connectivity index (χ4v) is 22.7. The summed E-state index contributed by atoms with van der Waals surface area (Å²) >= 11 is -6.95. The number of fused-ring (bicyclic) bond motifs is 2. The van der Waals surface area contributed by atoms with Crippen LogP contribution in [0.25, 0.3) is 0 Å². The van der Waals surface area contributed by atoms with Gasteiger partial charge in [-0.3, -0.25) is 0 Å². The number of alkyl halides is 9. The monoisotopic (exact) mass is 684 g/mol. The Morgan fingerprint density at radius 1 is 0.625 bits per heavy atom. The molecule has 0 bridgehead atoms. The van der Waals surface area contributed by atoms with Crippen LogP contribution in [-0.2, 0) is 22.6 Å². The zero-order chi connectivity index (χ0) is 29.6. The van der Waals surface area contributed by atoms with Gasteiger partial charge in [0.15, 0.2) is 0 Å². The first kappa shape index (κ1) is 29.3. The van der Waals surface area contributed by atoms with Crippen molar-refractivity contribution in [3.63, 3.8) is 0 Å². The van der Waals surface area contributed by atoms with E-state index in [9.17, 15) is 39.5 Å². The van der Waals surface area contributed by atoms with E-state index in [1.807, 2.05) is 20.8 Å². The molecule has 5 rings (SSSR count). The van der Waals surface area contributed by atoms with Crippen molar-refractivity contribution in [2.45, 2.75) is 60.3 Å². The van der Waals surface area contributed by atoms with Crippen molar-refractivity contribution >= 4 is 25.3 Å². The van der Waals surface area contributed by atoms with Crippen LogP contribution in [0.15, 0.2) is 78.9 Å². The van der Waals surface area contributed by atoms with Crippen LogP contribution in [0.5, 0.6) is 0 Å². The molecule has 40 heavy (non-hydrogen) atoms. The summed E-state index contributed by atoms with van der Waals surface area (Å²) in [5.41, 5.74) is -9.59. The summed E-state index contributed by atoms with van der Waals surface area (Å²) < 4.78 is 142. The van der Waals surface area contributed by atoms with Gasteiger partial charge in [0.1, 0.15) is 0 Å². The fourth-order valence-electron chi connectivity index (χ4n) is 5.79. The molecular weight excluding hydrogens is 661 g/mol. The molecule has 3 aromatic rings. The minimum absolute atomic E-state index is 0.223. The summed E-state index contributed by atoms with van der Waals surface area (Å²) in [5.74, 6) is 0. The predicted octanol–water partition coefficient (Wildman–Crippen LogP) is 7.33. The Bertz CT molecular complexity index is 1420. The van der Waals surface area contributed by atoms with Crippen LogP contribution in [0.1, 0.15) is 37.5 Å². The molecule has 0 aromatic heterocycles. The topological polar surface area (TPSA) is 18.5 Å². The van der Waals surface area contributed by atoms with Crippen LogP contribution in [-0.4, -0.2) is 36.8 Å². The molecule has 12 heteroatoms. The van der Waals surface area contributed by atoms with E-state index < -0.39 is 72.4 Å². The Morgan fingerprint density at radius 3 is 1.60 bits per heavy atom. The summed E-state index contributed by atoms with van der Waals surface area (Å²) in [4.78, 5) is 0. The van der Waals surface area contributed by atoms with E-state index in [1.54, 1.807) is 0 Å². The third-order valence-corrected chi connectivity index (χ3v) is 22.2. The molecule has 1 fully saturated rings. The Kier molecular flexibility index (Phi) is 6.16.